The van der Waals surface area contributed by atoms with Crippen LogP contribution in [-0.4, -0.2) is 63.6 Å². The molecule has 0 aliphatic carbocycles. The number of nitrogens with one attached hydrogen (secondary N) is 1. The zero-order valence-electron chi connectivity index (χ0n) is 15.5. The van der Waals surface area contributed by atoms with Gasteiger partial charge in [0.1, 0.15) is 12.4 Å². The van der Waals surface area contributed by atoms with Crippen molar-refractivity contribution in [3.05, 3.63) is 29.8 Å². The summed E-state index contributed by atoms with van der Waals surface area (Å²) in [6.45, 7) is 9.21. The van der Waals surface area contributed by atoms with Gasteiger partial charge in [0, 0.05) is 39.4 Å². The predicted molar refractivity (Wildman–Crippen MR) is 96.6 cm³/mol. The summed E-state index contributed by atoms with van der Waals surface area (Å²) in [5.74, 6) is 0.927. The highest BCUT2D eigenvalue weighted by Crippen LogP contribution is 2.25. The number of methoxy groups -OCH3 is 1. The van der Waals surface area contributed by atoms with Gasteiger partial charge in [0.2, 0.25) is 0 Å². The number of benzene rings is 1. The van der Waals surface area contributed by atoms with Gasteiger partial charge in [-0.05, 0) is 45.0 Å². The van der Waals surface area contributed by atoms with Crippen LogP contribution in [0, 0.1) is 0 Å². The van der Waals surface area contributed by atoms with Crippen LogP contribution in [0.4, 0.5) is 0 Å². The SMILES string of the molecule is COCCN(C)CCOc1cccc(CNC2CCOC2(C)C)c1. The van der Waals surface area contributed by atoms with Crippen molar-refractivity contribution >= 4 is 0 Å². The maximum absolute atomic E-state index is 5.88. The predicted octanol–water partition coefficient (Wildman–Crippen LogP) is 2.30. The fraction of sp³-hybridized carbons (Fsp3) is 0.684. The molecule has 1 aromatic rings. The lowest BCUT2D eigenvalue weighted by molar-refractivity contribution is 0.0214. The van der Waals surface area contributed by atoms with Crippen LogP contribution >= 0.6 is 0 Å². The Morgan fingerprint density at radius 1 is 1.29 bits per heavy atom. The molecule has 0 radical (unpaired) electrons. The summed E-state index contributed by atoms with van der Waals surface area (Å²) < 4.78 is 16.7. The Labute approximate surface area is 146 Å². The number of ether oxygens (including phenoxy) is 3. The van der Waals surface area contributed by atoms with E-state index >= 15 is 0 Å². The van der Waals surface area contributed by atoms with Crippen LogP contribution in [0.2, 0.25) is 0 Å². The van der Waals surface area contributed by atoms with Gasteiger partial charge in [-0.15, -0.1) is 0 Å². The van der Waals surface area contributed by atoms with Crippen molar-refractivity contribution in [2.24, 2.45) is 0 Å². The summed E-state index contributed by atoms with van der Waals surface area (Å²) in [4.78, 5) is 2.21. The van der Waals surface area contributed by atoms with Crippen molar-refractivity contribution in [2.75, 3.05) is 47.1 Å². The second kappa shape index (κ2) is 9.37. The maximum Gasteiger partial charge on any atom is 0.119 e. The van der Waals surface area contributed by atoms with Gasteiger partial charge < -0.3 is 24.4 Å². The molecule has 0 spiro atoms. The Hall–Kier alpha value is -1.14. The maximum atomic E-state index is 5.88. The first kappa shape index (κ1) is 19.2. The van der Waals surface area contributed by atoms with E-state index in [4.69, 9.17) is 14.2 Å². The van der Waals surface area contributed by atoms with Crippen molar-refractivity contribution in [1.82, 2.24) is 10.2 Å². The van der Waals surface area contributed by atoms with Gasteiger partial charge in [-0.2, -0.15) is 0 Å². The lowest BCUT2D eigenvalue weighted by atomic mass is 9.99. The van der Waals surface area contributed by atoms with Gasteiger partial charge >= 0.3 is 0 Å². The second-order valence-electron chi connectivity index (χ2n) is 6.97. The Morgan fingerprint density at radius 2 is 2.08 bits per heavy atom. The van der Waals surface area contributed by atoms with E-state index in [-0.39, 0.29) is 5.60 Å². The van der Waals surface area contributed by atoms with Crippen molar-refractivity contribution in [2.45, 2.75) is 38.5 Å². The fourth-order valence-corrected chi connectivity index (χ4v) is 2.90. The number of rotatable bonds is 10. The second-order valence-corrected chi connectivity index (χ2v) is 6.97. The molecule has 1 atom stereocenters. The molecule has 0 aromatic heterocycles. The van der Waals surface area contributed by atoms with Crippen molar-refractivity contribution < 1.29 is 14.2 Å². The highest BCUT2D eigenvalue weighted by atomic mass is 16.5. The number of hydrogen-bond acceptors (Lipinski definition) is 5. The van der Waals surface area contributed by atoms with E-state index in [1.165, 1.54) is 5.56 Å². The van der Waals surface area contributed by atoms with Crippen LogP contribution in [-0.2, 0) is 16.0 Å². The van der Waals surface area contributed by atoms with Gasteiger partial charge in [0.15, 0.2) is 0 Å². The average molecular weight is 336 g/mol. The molecule has 1 heterocycles. The van der Waals surface area contributed by atoms with Gasteiger partial charge in [0.05, 0.1) is 12.2 Å². The zero-order valence-corrected chi connectivity index (χ0v) is 15.5. The van der Waals surface area contributed by atoms with Crippen LogP contribution in [0.15, 0.2) is 24.3 Å². The summed E-state index contributed by atoms with van der Waals surface area (Å²) in [7, 11) is 3.80. The van der Waals surface area contributed by atoms with Crippen LogP contribution < -0.4 is 10.1 Å². The molecule has 0 bridgehead atoms. The summed E-state index contributed by atoms with van der Waals surface area (Å²) in [5.41, 5.74) is 1.16. The molecule has 1 aliphatic rings. The third-order valence-electron chi connectivity index (χ3n) is 4.59. The first-order chi connectivity index (χ1) is 11.5. The van der Waals surface area contributed by atoms with Crippen LogP contribution in [0.25, 0.3) is 0 Å². The van der Waals surface area contributed by atoms with E-state index in [9.17, 15) is 0 Å². The summed E-state index contributed by atoms with van der Waals surface area (Å²) in [6.07, 6.45) is 1.07. The zero-order chi connectivity index (χ0) is 17.4. The lowest BCUT2D eigenvalue weighted by Gasteiger charge is -2.26. The van der Waals surface area contributed by atoms with Crippen LogP contribution in [0.5, 0.6) is 5.75 Å². The first-order valence-corrected chi connectivity index (χ1v) is 8.78. The minimum Gasteiger partial charge on any atom is -0.492 e. The normalized spacial score (nSPS) is 19.8. The molecule has 2 rings (SSSR count). The van der Waals surface area contributed by atoms with E-state index in [2.05, 4.69) is 49.3 Å². The highest BCUT2D eigenvalue weighted by molar-refractivity contribution is 5.28. The van der Waals surface area contributed by atoms with Crippen molar-refractivity contribution in [3.8, 4) is 5.75 Å². The van der Waals surface area contributed by atoms with Crippen molar-refractivity contribution in [1.29, 1.82) is 0 Å². The number of likely N-dealkylation sites (N-methyl/N-ethyl adjacent to an activating group) is 1. The minimum atomic E-state index is -0.0824. The van der Waals surface area contributed by atoms with Crippen LogP contribution in [0.3, 0.4) is 0 Å². The Morgan fingerprint density at radius 3 is 2.79 bits per heavy atom. The lowest BCUT2D eigenvalue weighted by Crippen LogP contribution is -2.42. The summed E-state index contributed by atoms with van der Waals surface area (Å²) >= 11 is 0. The minimum absolute atomic E-state index is 0.0824. The molecule has 1 unspecified atom stereocenters. The van der Waals surface area contributed by atoms with Gasteiger partial charge in [-0.1, -0.05) is 12.1 Å². The molecule has 0 saturated carbocycles. The molecule has 1 aromatic carbocycles. The molecular formula is C19H32N2O3. The van der Waals surface area contributed by atoms with Crippen LogP contribution in [0.1, 0.15) is 25.8 Å². The van der Waals surface area contributed by atoms with Crippen molar-refractivity contribution in [3.63, 3.8) is 0 Å². The molecule has 136 valence electrons. The van der Waals surface area contributed by atoms with E-state index in [0.717, 1.165) is 45.0 Å². The molecular weight excluding hydrogens is 304 g/mol. The number of nitrogens with zero attached hydrogens (tertiary/aromatic N) is 1. The van der Waals surface area contributed by atoms with E-state index in [0.29, 0.717) is 12.6 Å². The third-order valence-corrected chi connectivity index (χ3v) is 4.59. The Kier molecular flexibility index (Phi) is 7.49. The van der Waals surface area contributed by atoms with E-state index in [1.54, 1.807) is 7.11 Å². The van der Waals surface area contributed by atoms with E-state index < -0.39 is 0 Å². The Bertz CT molecular complexity index is 493. The van der Waals surface area contributed by atoms with E-state index in [1.807, 2.05) is 6.07 Å². The quantitative estimate of drug-likeness (QED) is 0.710. The Balaban J connectivity index is 1.75. The molecule has 5 nitrogen and oxygen atoms in total. The summed E-state index contributed by atoms with van der Waals surface area (Å²) in [6, 6.07) is 8.72. The van der Waals surface area contributed by atoms with Gasteiger partial charge in [0.25, 0.3) is 0 Å². The highest BCUT2D eigenvalue weighted by Gasteiger charge is 2.35. The molecule has 1 saturated heterocycles. The first-order valence-electron chi connectivity index (χ1n) is 8.78. The standard InChI is InChI=1S/C19H32N2O3/c1-19(2)18(8-11-24-19)20-15-16-6-5-7-17(14-16)23-13-10-21(3)9-12-22-4/h5-7,14,18,20H,8-13,15H2,1-4H3. The van der Waals surface area contributed by atoms with Gasteiger partial charge in [-0.3, -0.25) is 0 Å². The monoisotopic (exact) mass is 336 g/mol. The third kappa shape index (κ3) is 6.06. The molecule has 24 heavy (non-hydrogen) atoms. The molecule has 0 amide bonds. The smallest absolute Gasteiger partial charge is 0.119 e. The summed E-state index contributed by atoms with van der Waals surface area (Å²) in [5, 5.41) is 3.61. The largest absolute Gasteiger partial charge is 0.492 e. The number of hydrogen-bond donors (Lipinski definition) is 1. The topological polar surface area (TPSA) is 43.0 Å². The molecule has 1 aliphatic heterocycles. The molecule has 1 N–H and O–H groups in total. The average Bonchev–Trinajstić information content (AvgIpc) is 2.90. The van der Waals surface area contributed by atoms with Gasteiger partial charge in [-0.25, -0.2) is 0 Å². The molecule has 5 heteroatoms. The fourth-order valence-electron chi connectivity index (χ4n) is 2.90. The molecule has 1 fully saturated rings.